The second-order valence-electron chi connectivity index (χ2n) is 5.49. The minimum absolute atomic E-state index is 0.408. The number of sulfonamides is 1. The fourth-order valence-corrected chi connectivity index (χ4v) is 3.57. The van der Waals surface area contributed by atoms with Gasteiger partial charge in [-0.15, -0.1) is 0 Å². The van der Waals surface area contributed by atoms with Crippen molar-refractivity contribution < 1.29 is 13.3 Å². The maximum atomic E-state index is 12.2. The SMILES string of the molecule is C[NH+](C)CCCNS(=O)(=O)c1ccc2c(c1)CCC2. The van der Waals surface area contributed by atoms with Crippen molar-refractivity contribution >= 4 is 10.0 Å². The summed E-state index contributed by atoms with van der Waals surface area (Å²) in [5.74, 6) is 0. The summed E-state index contributed by atoms with van der Waals surface area (Å²) in [4.78, 5) is 1.74. The molecule has 0 amide bonds. The van der Waals surface area contributed by atoms with Gasteiger partial charge in [-0.05, 0) is 42.5 Å². The fourth-order valence-electron chi connectivity index (χ4n) is 2.45. The summed E-state index contributed by atoms with van der Waals surface area (Å²) in [5.41, 5.74) is 2.50. The number of nitrogens with one attached hydrogen (secondary N) is 2. The van der Waals surface area contributed by atoms with Gasteiger partial charge in [0.1, 0.15) is 0 Å². The van der Waals surface area contributed by atoms with Crippen LogP contribution in [0.2, 0.25) is 0 Å². The van der Waals surface area contributed by atoms with Gasteiger partial charge in [0.2, 0.25) is 10.0 Å². The van der Waals surface area contributed by atoms with Crippen molar-refractivity contribution in [2.75, 3.05) is 27.2 Å². The first-order chi connectivity index (χ1) is 8.99. The largest absolute Gasteiger partial charge is 0.340 e. The van der Waals surface area contributed by atoms with E-state index in [1.807, 2.05) is 12.1 Å². The molecule has 0 atom stereocenters. The quantitative estimate of drug-likeness (QED) is 0.722. The van der Waals surface area contributed by atoms with Gasteiger partial charge in [-0.3, -0.25) is 0 Å². The first-order valence-corrected chi connectivity index (χ1v) is 8.38. The van der Waals surface area contributed by atoms with E-state index >= 15 is 0 Å². The fraction of sp³-hybridized carbons (Fsp3) is 0.571. The lowest BCUT2D eigenvalue weighted by molar-refractivity contribution is -0.858. The van der Waals surface area contributed by atoms with Crippen molar-refractivity contribution in [2.24, 2.45) is 0 Å². The number of rotatable bonds is 6. The third kappa shape index (κ3) is 3.78. The normalized spacial score (nSPS) is 14.9. The van der Waals surface area contributed by atoms with Crippen molar-refractivity contribution in [3.8, 4) is 0 Å². The zero-order valence-electron chi connectivity index (χ0n) is 11.7. The zero-order chi connectivity index (χ0) is 13.9. The Hall–Kier alpha value is -0.910. The zero-order valence-corrected chi connectivity index (χ0v) is 12.5. The summed E-state index contributed by atoms with van der Waals surface area (Å²) in [6.07, 6.45) is 4.07. The average Bonchev–Trinajstić information content (AvgIpc) is 2.81. The highest BCUT2D eigenvalue weighted by atomic mass is 32.2. The van der Waals surface area contributed by atoms with Gasteiger partial charge < -0.3 is 4.90 Å². The monoisotopic (exact) mass is 283 g/mol. The average molecular weight is 283 g/mol. The first kappa shape index (κ1) is 14.5. The van der Waals surface area contributed by atoms with Crippen LogP contribution in [0.3, 0.4) is 0 Å². The Kier molecular flexibility index (Phi) is 4.60. The van der Waals surface area contributed by atoms with Crippen LogP contribution in [0.15, 0.2) is 23.1 Å². The van der Waals surface area contributed by atoms with Crippen LogP contribution in [0, 0.1) is 0 Å². The van der Waals surface area contributed by atoms with Crippen molar-refractivity contribution in [2.45, 2.75) is 30.6 Å². The van der Waals surface area contributed by atoms with E-state index in [0.717, 1.165) is 32.2 Å². The molecule has 1 aromatic carbocycles. The van der Waals surface area contributed by atoms with Crippen LogP contribution in [0.1, 0.15) is 24.0 Å². The van der Waals surface area contributed by atoms with E-state index in [1.54, 1.807) is 6.07 Å². The summed E-state index contributed by atoms with van der Waals surface area (Å²) in [6, 6.07) is 5.52. The number of benzene rings is 1. The number of hydrogen-bond donors (Lipinski definition) is 2. The molecule has 1 aliphatic carbocycles. The van der Waals surface area contributed by atoms with E-state index < -0.39 is 10.0 Å². The molecule has 0 unspecified atom stereocenters. The van der Waals surface area contributed by atoms with Gasteiger partial charge in [0.05, 0.1) is 25.5 Å². The van der Waals surface area contributed by atoms with Crippen LogP contribution in [0.4, 0.5) is 0 Å². The molecule has 0 saturated heterocycles. The van der Waals surface area contributed by atoms with Crippen molar-refractivity contribution in [3.05, 3.63) is 29.3 Å². The number of fused-ring (bicyclic) bond motifs is 1. The number of aryl methyl sites for hydroxylation is 2. The van der Waals surface area contributed by atoms with E-state index in [0.29, 0.717) is 11.4 Å². The summed E-state index contributed by atoms with van der Waals surface area (Å²) in [5, 5.41) is 0. The predicted octanol–water partition coefficient (Wildman–Crippen LogP) is -0.0118. The molecule has 0 aromatic heterocycles. The van der Waals surface area contributed by atoms with Gasteiger partial charge in [0.15, 0.2) is 0 Å². The molecule has 0 fully saturated rings. The van der Waals surface area contributed by atoms with E-state index in [4.69, 9.17) is 0 Å². The molecular formula is C14H23N2O2S+. The molecular weight excluding hydrogens is 260 g/mol. The molecule has 0 spiro atoms. The minimum Gasteiger partial charge on any atom is -0.340 e. The maximum Gasteiger partial charge on any atom is 0.240 e. The van der Waals surface area contributed by atoms with Crippen molar-refractivity contribution in [1.82, 2.24) is 4.72 Å². The molecule has 2 N–H and O–H groups in total. The summed E-state index contributed by atoms with van der Waals surface area (Å²) >= 11 is 0. The predicted molar refractivity (Wildman–Crippen MR) is 76.0 cm³/mol. The topological polar surface area (TPSA) is 50.6 Å². The molecule has 5 heteroatoms. The van der Waals surface area contributed by atoms with Gasteiger partial charge in [0.25, 0.3) is 0 Å². The van der Waals surface area contributed by atoms with E-state index in [9.17, 15) is 8.42 Å². The van der Waals surface area contributed by atoms with Crippen LogP contribution in [-0.4, -0.2) is 35.6 Å². The van der Waals surface area contributed by atoms with Crippen LogP contribution in [0.5, 0.6) is 0 Å². The molecule has 0 bridgehead atoms. The second-order valence-corrected chi connectivity index (χ2v) is 7.26. The van der Waals surface area contributed by atoms with Gasteiger partial charge in [0, 0.05) is 13.0 Å². The summed E-state index contributed by atoms with van der Waals surface area (Å²) in [6.45, 7) is 1.47. The molecule has 2 rings (SSSR count). The maximum absolute atomic E-state index is 12.2. The molecule has 0 heterocycles. The lowest BCUT2D eigenvalue weighted by Crippen LogP contribution is -3.05. The van der Waals surface area contributed by atoms with E-state index in [2.05, 4.69) is 18.8 Å². The Balaban J connectivity index is 1.99. The molecule has 1 aromatic rings. The summed E-state index contributed by atoms with van der Waals surface area (Å²) in [7, 11) is 0.790. The smallest absolute Gasteiger partial charge is 0.240 e. The molecule has 0 aliphatic heterocycles. The third-order valence-corrected chi connectivity index (χ3v) is 4.98. The Morgan fingerprint density at radius 2 is 1.95 bits per heavy atom. The molecule has 19 heavy (non-hydrogen) atoms. The van der Waals surface area contributed by atoms with Crippen molar-refractivity contribution in [3.63, 3.8) is 0 Å². The second kappa shape index (κ2) is 6.03. The summed E-state index contributed by atoms with van der Waals surface area (Å²) < 4.78 is 27.0. The first-order valence-electron chi connectivity index (χ1n) is 6.89. The highest BCUT2D eigenvalue weighted by Gasteiger charge is 2.17. The molecule has 4 nitrogen and oxygen atoms in total. The number of quaternary nitrogens is 1. The van der Waals surface area contributed by atoms with Gasteiger partial charge in [-0.1, -0.05) is 6.07 Å². The highest BCUT2D eigenvalue weighted by molar-refractivity contribution is 7.89. The Bertz CT molecular complexity index is 538. The van der Waals surface area contributed by atoms with Gasteiger partial charge in [-0.25, -0.2) is 13.1 Å². The molecule has 0 saturated carbocycles. The van der Waals surface area contributed by atoms with E-state index in [1.165, 1.54) is 16.0 Å². The van der Waals surface area contributed by atoms with E-state index in [-0.39, 0.29) is 0 Å². The molecule has 1 aliphatic rings. The Labute approximate surface area is 115 Å². The van der Waals surface area contributed by atoms with Crippen LogP contribution >= 0.6 is 0 Å². The molecule has 106 valence electrons. The van der Waals surface area contributed by atoms with Gasteiger partial charge in [-0.2, -0.15) is 0 Å². The molecule has 0 radical (unpaired) electrons. The number of hydrogen-bond acceptors (Lipinski definition) is 2. The van der Waals surface area contributed by atoms with Gasteiger partial charge >= 0.3 is 0 Å². The lowest BCUT2D eigenvalue weighted by atomic mass is 10.1. The highest BCUT2D eigenvalue weighted by Crippen LogP contribution is 2.24. The van der Waals surface area contributed by atoms with Crippen LogP contribution < -0.4 is 9.62 Å². The Morgan fingerprint density at radius 1 is 1.21 bits per heavy atom. The third-order valence-electron chi connectivity index (χ3n) is 3.53. The van der Waals surface area contributed by atoms with Crippen LogP contribution in [0.25, 0.3) is 0 Å². The Morgan fingerprint density at radius 3 is 2.68 bits per heavy atom. The lowest BCUT2D eigenvalue weighted by Gasteiger charge is -2.10. The van der Waals surface area contributed by atoms with Crippen molar-refractivity contribution in [1.29, 1.82) is 0 Å². The standard InChI is InChI=1S/C14H22N2O2S/c1-16(2)10-4-9-15-19(17,18)14-8-7-12-5-3-6-13(12)11-14/h7-8,11,15H,3-6,9-10H2,1-2H3/p+1. The minimum atomic E-state index is -3.34. The van der Waals surface area contributed by atoms with Crippen LogP contribution in [-0.2, 0) is 22.9 Å².